The normalized spacial score (nSPS) is 10.1. The number of ether oxygens (including phenoxy) is 1. The molecule has 0 fully saturated rings. The number of anilines is 1. The van der Waals surface area contributed by atoms with E-state index in [1.54, 1.807) is 0 Å². The van der Waals surface area contributed by atoms with Gasteiger partial charge in [-0.3, -0.25) is 10.2 Å². The van der Waals surface area contributed by atoms with Crippen molar-refractivity contribution in [3.63, 3.8) is 0 Å². The number of carbonyl (C=O) groups is 1. The van der Waals surface area contributed by atoms with Crippen molar-refractivity contribution in [2.45, 2.75) is 13.5 Å². The molecular formula is C10H14N4O2. The van der Waals surface area contributed by atoms with Crippen molar-refractivity contribution < 1.29 is 9.53 Å². The number of nitrogens with one attached hydrogen (secondary N) is 2. The third kappa shape index (κ3) is 4.32. The number of nitrogens with zero attached hydrogens (tertiary/aromatic N) is 1. The van der Waals surface area contributed by atoms with Crippen molar-refractivity contribution in [2.24, 2.45) is 10.9 Å². The van der Waals surface area contributed by atoms with Crippen molar-refractivity contribution >= 4 is 18.0 Å². The van der Waals surface area contributed by atoms with Crippen molar-refractivity contribution in [2.75, 3.05) is 5.43 Å². The van der Waals surface area contributed by atoms with Gasteiger partial charge in [0.2, 0.25) is 0 Å². The van der Waals surface area contributed by atoms with Crippen molar-refractivity contribution in [3.8, 4) is 0 Å². The molecule has 4 N–H and O–H groups in total. The Morgan fingerprint density at radius 3 is 3.12 bits per heavy atom. The predicted octanol–water partition coefficient (Wildman–Crippen LogP) is 0.568. The maximum absolute atomic E-state index is 10.6. The minimum absolute atomic E-state index is 0.260. The molecule has 0 saturated heterocycles. The highest BCUT2D eigenvalue weighted by molar-refractivity contribution is 5.66. The summed E-state index contributed by atoms with van der Waals surface area (Å²) in [7, 11) is 0. The average molecular weight is 222 g/mol. The van der Waals surface area contributed by atoms with E-state index in [2.05, 4.69) is 16.0 Å². The number of hydrazone groups is 1. The molecule has 0 aliphatic rings. The maximum Gasteiger partial charge on any atom is 0.302 e. The van der Waals surface area contributed by atoms with Crippen LogP contribution in [0.15, 0.2) is 29.4 Å². The summed E-state index contributed by atoms with van der Waals surface area (Å²) >= 11 is 0. The fourth-order valence-corrected chi connectivity index (χ4v) is 1.08. The third-order valence-electron chi connectivity index (χ3n) is 1.72. The Kier molecular flexibility index (Phi) is 4.65. The molecule has 0 spiro atoms. The highest BCUT2D eigenvalue weighted by Crippen LogP contribution is 2.10. The molecule has 0 unspecified atom stereocenters. The van der Waals surface area contributed by atoms with Gasteiger partial charge in [-0.2, -0.15) is 5.10 Å². The van der Waals surface area contributed by atoms with Gasteiger partial charge in [-0.15, -0.1) is 0 Å². The van der Waals surface area contributed by atoms with E-state index in [9.17, 15) is 4.79 Å². The smallest absolute Gasteiger partial charge is 0.302 e. The van der Waals surface area contributed by atoms with Crippen molar-refractivity contribution in [3.05, 3.63) is 29.8 Å². The Morgan fingerprint density at radius 1 is 1.62 bits per heavy atom. The Balaban J connectivity index is 2.53. The second-order valence-corrected chi connectivity index (χ2v) is 3.03. The van der Waals surface area contributed by atoms with Gasteiger partial charge in [-0.1, -0.05) is 12.1 Å². The summed E-state index contributed by atoms with van der Waals surface area (Å²) in [6.07, 6.45) is 1.32. The van der Waals surface area contributed by atoms with Crippen LogP contribution in [0.2, 0.25) is 0 Å². The van der Waals surface area contributed by atoms with Crippen LogP contribution in [0.25, 0.3) is 0 Å². The number of carbonyl (C=O) groups excluding carboxylic acids is 1. The highest BCUT2D eigenvalue weighted by Gasteiger charge is 1.97. The summed E-state index contributed by atoms with van der Waals surface area (Å²) in [6, 6.07) is 7.42. The molecule has 1 aromatic carbocycles. The molecule has 0 aromatic heterocycles. The van der Waals surface area contributed by atoms with E-state index < -0.39 is 0 Å². The average Bonchev–Trinajstić information content (AvgIpc) is 2.27. The van der Waals surface area contributed by atoms with Crippen LogP contribution >= 0.6 is 0 Å². The lowest BCUT2D eigenvalue weighted by Gasteiger charge is -2.07. The molecule has 86 valence electrons. The second kappa shape index (κ2) is 6.28. The number of hydrazine groups is 1. The lowest BCUT2D eigenvalue weighted by atomic mass is 10.2. The quantitative estimate of drug-likeness (QED) is 0.223. The van der Waals surface area contributed by atoms with E-state index in [0.29, 0.717) is 0 Å². The van der Waals surface area contributed by atoms with Crippen LogP contribution < -0.4 is 16.7 Å². The van der Waals surface area contributed by atoms with Gasteiger partial charge in [0, 0.05) is 6.92 Å². The number of esters is 1. The zero-order valence-corrected chi connectivity index (χ0v) is 8.93. The third-order valence-corrected chi connectivity index (χ3v) is 1.72. The molecule has 0 saturated carbocycles. The monoisotopic (exact) mass is 222 g/mol. The van der Waals surface area contributed by atoms with E-state index in [-0.39, 0.29) is 12.6 Å². The lowest BCUT2D eigenvalue weighted by Crippen LogP contribution is -2.20. The van der Waals surface area contributed by atoms with E-state index in [1.165, 1.54) is 13.3 Å². The number of rotatable bonds is 5. The van der Waals surface area contributed by atoms with Crippen LogP contribution in [-0.2, 0) is 16.1 Å². The first-order chi connectivity index (χ1) is 7.72. The molecular weight excluding hydrogens is 208 g/mol. The summed E-state index contributed by atoms with van der Waals surface area (Å²) < 4.78 is 4.88. The number of nitrogens with two attached hydrogens (primary N) is 1. The van der Waals surface area contributed by atoms with Crippen molar-refractivity contribution in [1.82, 2.24) is 5.43 Å². The first kappa shape index (κ1) is 11.8. The molecule has 0 aliphatic heterocycles. The summed E-state index contributed by atoms with van der Waals surface area (Å²) in [5, 5.41) is 3.26. The van der Waals surface area contributed by atoms with Crippen LogP contribution in [0.5, 0.6) is 0 Å². The fourth-order valence-electron chi connectivity index (χ4n) is 1.08. The summed E-state index contributed by atoms with van der Waals surface area (Å²) in [5.74, 6) is 4.61. The van der Waals surface area contributed by atoms with E-state index in [0.717, 1.165) is 11.3 Å². The van der Waals surface area contributed by atoms with Gasteiger partial charge in [0.15, 0.2) is 0 Å². The molecule has 0 aliphatic carbocycles. The molecule has 0 amide bonds. The maximum atomic E-state index is 10.6. The fraction of sp³-hybridized carbons (Fsp3) is 0.200. The van der Waals surface area contributed by atoms with Gasteiger partial charge in [0.1, 0.15) is 12.9 Å². The number of benzene rings is 1. The Hall–Kier alpha value is -2.24. The lowest BCUT2D eigenvalue weighted by molar-refractivity contribution is -0.142. The van der Waals surface area contributed by atoms with E-state index >= 15 is 0 Å². The Morgan fingerprint density at radius 2 is 2.44 bits per heavy atom. The molecule has 0 atom stereocenters. The van der Waals surface area contributed by atoms with Crippen molar-refractivity contribution in [1.29, 1.82) is 0 Å². The zero-order chi connectivity index (χ0) is 11.8. The topological polar surface area (TPSA) is 88.7 Å². The molecule has 1 rings (SSSR count). The molecule has 0 bridgehead atoms. The SMILES string of the molecule is CC(=O)OCc1cccc(NNC=NN)c1. The predicted molar refractivity (Wildman–Crippen MR) is 61.3 cm³/mol. The molecule has 16 heavy (non-hydrogen) atoms. The minimum atomic E-state index is -0.299. The second-order valence-electron chi connectivity index (χ2n) is 3.03. The standard InChI is InChI=1S/C10H14N4O2/c1-8(15)16-6-9-3-2-4-10(5-9)14-13-7-12-11/h2-5,7,14H,6,11H2,1H3,(H,12,13). The molecule has 1 aromatic rings. The Labute approximate surface area is 93.4 Å². The van der Waals surface area contributed by atoms with E-state index in [1.807, 2.05) is 24.3 Å². The van der Waals surface area contributed by atoms with Gasteiger partial charge in [0.05, 0.1) is 5.69 Å². The van der Waals surface area contributed by atoms with Crippen LogP contribution in [-0.4, -0.2) is 12.3 Å². The molecule has 6 nitrogen and oxygen atoms in total. The number of hydrogen-bond donors (Lipinski definition) is 3. The van der Waals surface area contributed by atoms with Crippen LogP contribution in [0.4, 0.5) is 5.69 Å². The summed E-state index contributed by atoms with van der Waals surface area (Å²) in [4.78, 5) is 10.6. The van der Waals surface area contributed by atoms with Gasteiger partial charge in [-0.25, -0.2) is 0 Å². The van der Waals surface area contributed by atoms with Crippen LogP contribution in [0.3, 0.4) is 0 Å². The molecule has 0 heterocycles. The van der Waals surface area contributed by atoms with Gasteiger partial charge < -0.3 is 16.0 Å². The summed E-state index contributed by atoms with van der Waals surface area (Å²) in [6.45, 7) is 1.64. The van der Waals surface area contributed by atoms with Gasteiger partial charge in [-0.05, 0) is 17.7 Å². The van der Waals surface area contributed by atoms with Crippen LogP contribution in [0, 0.1) is 0 Å². The van der Waals surface area contributed by atoms with Crippen LogP contribution in [0.1, 0.15) is 12.5 Å². The summed E-state index contributed by atoms with van der Waals surface area (Å²) in [5.41, 5.74) is 7.24. The van der Waals surface area contributed by atoms with Gasteiger partial charge in [0.25, 0.3) is 0 Å². The molecule has 6 heteroatoms. The highest BCUT2D eigenvalue weighted by atomic mass is 16.5. The first-order valence-electron chi connectivity index (χ1n) is 4.68. The Bertz CT molecular complexity index is 379. The van der Waals surface area contributed by atoms with Gasteiger partial charge >= 0.3 is 5.97 Å². The largest absolute Gasteiger partial charge is 0.461 e. The zero-order valence-electron chi connectivity index (χ0n) is 8.93. The number of hydrogen-bond acceptors (Lipinski definition) is 5. The molecule has 0 radical (unpaired) electrons. The first-order valence-corrected chi connectivity index (χ1v) is 4.68. The minimum Gasteiger partial charge on any atom is -0.461 e. The van der Waals surface area contributed by atoms with E-state index in [4.69, 9.17) is 10.6 Å².